The highest BCUT2D eigenvalue weighted by Gasteiger charge is 2.34. The normalized spacial score (nSPS) is 19.6. The number of carboxylic acids is 1. The van der Waals surface area contributed by atoms with E-state index in [4.69, 9.17) is 14.6 Å². The molecule has 2 heterocycles. The fraction of sp³-hybridized carbons (Fsp3) is 0.385. The van der Waals surface area contributed by atoms with Crippen LogP contribution in [0.3, 0.4) is 0 Å². The zero-order valence-corrected chi connectivity index (χ0v) is 10.9. The number of carboxylic acid groups (broad SMARTS) is 1. The van der Waals surface area contributed by atoms with Gasteiger partial charge in [-0.15, -0.1) is 0 Å². The molecule has 106 valence electrons. The van der Waals surface area contributed by atoms with Crippen LogP contribution in [0.25, 0.3) is 0 Å². The maximum atomic E-state index is 12.3. The van der Waals surface area contributed by atoms with Gasteiger partial charge in [0.05, 0.1) is 11.4 Å². The molecule has 1 aromatic rings. The van der Waals surface area contributed by atoms with Crippen molar-refractivity contribution < 1.29 is 24.2 Å². The molecular weight excluding hydrogens is 264 g/mol. The molecule has 7 nitrogen and oxygen atoms in total. The van der Waals surface area contributed by atoms with E-state index in [1.165, 1.54) is 4.90 Å². The standard InChI is InChI=1S/C13H14N2O5/c1-2-7-13(18)15(5-12(16)17)9-4-11-10(19-6-20-11)3-8(9)14-7/h3-4,7,14H,2,5-6H2,1H3,(H,16,17). The van der Waals surface area contributed by atoms with Crippen molar-refractivity contribution in [2.75, 3.05) is 23.6 Å². The van der Waals surface area contributed by atoms with E-state index in [1.807, 2.05) is 6.92 Å². The Morgan fingerprint density at radius 1 is 1.45 bits per heavy atom. The van der Waals surface area contributed by atoms with E-state index >= 15 is 0 Å². The Balaban J connectivity index is 2.06. The summed E-state index contributed by atoms with van der Waals surface area (Å²) in [6, 6.07) is 2.95. The highest BCUT2D eigenvalue weighted by Crippen LogP contribution is 2.43. The van der Waals surface area contributed by atoms with Crippen molar-refractivity contribution in [2.24, 2.45) is 0 Å². The topological polar surface area (TPSA) is 88.1 Å². The maximum absolute atomic E-state index is 12.3. The van der Waals surface area contributed by atoms with E-state index in [-0.39, 0.29) is 19.2 Å². The smallest absolute Gasteiger partial charge is 0.323 e. The Kier molecular flexibility index (Phi) is 2.89. The largest absolute Gasteiger partial charge is 0.480 e. The molecule has 1 aromatic carbocycles. The molecule has 0 saturated heterocycles. The fourth-order valence-electron chi connectivity index (χ4n) is 2.40. The Labute approximate surface area is 115 Å². The lowest BCUT2D eigenvalue weighted by atomic mass is 10.1. The fourth-order valence-corrected chi connectivity index (χ4v) is 2.40. The molecule has 0 aliphatic carbocycles. The average Bonchev–Trinajstić information content (AvgIpc) is 2.86. The number of amides is 1. The minimum absolute atomic E-state index is 0.127. The molecule has 0 radical (unpaired) electrons. The molecule has 2 aliphatic rings. The van der Waals surface area contributed by atoms with Crippen LogP contribution in [-0.4, -0.2) is 36.4 Å². The predicted molar refractivity (Wildman–Crippen MR) is 70.3 cm³/mol. The number of anilines is 2. The molecule has 3 rings (SSSR count). The number of benzene rings is 1. The Hall–Kier alpha value is -2.44. The van der Waals surface area contributed by atoms with E-state index < -0.39 is 12.0 Å². The van der Waals surface area contributed by atoms with Crippen molar-refractivity contribution in [1.29, 1.82) is 0 Å². The number of fused-ring (bicyclic) bond motifs is 2. The first-order valence-corrected chi connectivity index (χ1v) is 6.33. The second-order valence-electron chi connectivity index (χ2n) is 4.65. The SMILES string of the molecule is CCC1Nc2cc3c(cc2N(CC(=O)O)C1=O)OCO3. The van der Waals surface area contributed by atoms with Crippen LogP contribution in [0.4, 0.5) is 11.4 Å². The molecule has 2 N–H and O–H groups in total. The third kappa shape index (κ3) is 1.91. The number of hydrogen-bond donors (Lipinski definition) is 2. The number of hydrogen-bond acceptors (Lipinski definition) is 5. The van der Waals surface area contributed by atoms with Gasteiger partial charge in [0.1, 0.15) is 12.6 Å². The first-order chi connectivity index (χ1) is 9.60. The van der Waals surface area contributed by atoms with Gasteiger partial charge in [0.15, 0.2) is 11.5 Å². The second-order valence-corrected chi connectivity index (χ2v) is 4.65. The van der Waals surface area contributed by atoms with Gasteiger partial charge in [0, 0.05) is 12.1 Å². The number of aliphatic carboxylic acids is 1. The highest BCUT2D eigenvalue weighted by molar-refractivity contribution is 6.07. The summed E-state index contributed by atoms with van der Waals surface area (Å²) >= 11 is 0. The van der Waals surface area contributed by atoms with E-state index in [1.54, 1.807) is 12.1 Å². The van der Waals surface area contributed by atoms with Crippen molar-refractivity contribution in [1.82, 2.24) is 0 Å². The quantitative estimate of drug-likeness (QED) is 0.858. The minimum atomic E-state index is -1.06. The van der Waals surface area contributed by atoms with Gasteiger partial charge < -0.3 is 19.9 Å². The monoisotopic (exact) mass is 278 g/mol. The van der Waals surface area contributed by atoms with Crippen LogP contribution in [0.5, 0.6) is 11.5 Å². The molecule has 20 heavy (non-hydrogen) atoms. The zero-order chi connectivity index (χ0) is 14.3. The Morgan fingerprint density at radius 2 is 2.15 bits per heavy atom. The summed E-state index contributed by atoms with van der Waals surface area (Å²) in [5.41, 5.74) is 1.19. The lowest BCUT2D eigenvalue weighted by Gasteiger charge is -2.34. The van der Waals surface area contributed by atoms with Gasteiger partial charge in [-0.05, 0) is 6.42 Å². The zero-order valence-electron chi connectivity index (χ0n) is 10.9. The Morgan fingerprint density at radius 3 is 2.80 bits per heavy atom. The molecule has 1 amide bonds. The van der Waals surface area contributed by atoms with Crippen LogP contribution >= 0.6 is 0 Å². The molecule has 0 bridgehead atoms. The third-order valence-corrected chi connectivity index (χ3v) is 3.38. The molecule has 2 aliphatic heterocycles. The molecule has 7 heteroatoms. The lowest BCUT2D eigenvalue weighted by molar-refractivity contribution is -0.136. The summed E-state index contributed by atoms with van der Waals surface area (Å²) < 4.78 is 10.6. The van der Waals surface area contributed by atoms with Crippen molar-refractivity contribution in [2.45, 2.75) is 19.4 Å². The summed E-state index contributed by atoms with van der Waals surface area (Å²) in [5.74, 6) is -0.195. The molecule has 0 spiro atoms. The van der Waals surface area contributed by atoms with Crippen LogP contribution in [0, 0.1) is 0 Å². The van der Waals surface area contributed by atoms with E-state index in [9.17, 15) is 9.59 Å². The van der Waals surface area contributed by atoms with Crippen molar-refractivity contribution in [3.05, 3.63) is 12.1 Å². The van der Waals surface area contributed by atoms with Gasteiger partial charge in [-0.25, -0.2) is 0 Å². The lowest BCUT2D eigenvalue weighted by Crippen LogP contribution is -2.48. The van der Waals surface area contributed by atoms with Crippen LogP contribution in [-0.2, 0) is 9.59 Å². The van der Waals surface area contributed by atoms with Gasteiger partial charge in [0.2, 0.25) is 12.7 Å². The minimum Gasteiger partial charge on any atom is -0.480 e. The molecule has 0 saturated carbocycles. The molecular formula is C13H14N2O5. The van der Waals surface area contributed by atoms with E-state index in [0.717, 1.165) is 0 Å². The number of carbonyl (C=O) groups excluding carboxylic acids is 1. The first kappa shape index (κ1) is 12.6. The van der Waals surface area contributed by atoms with Gasteiger partial charge >= 0.3 is 5.97 Å². The summed E-state index contributed by atoms with van der Waals surface area (Å²) in [6.07, 6.45) is 0.572. The predicted octanol–water partition coefficient (Wildman–Crippen LogP) is 1.04. The average molecular weight is 278 g/mol. The molecule has 0 aromatic heterocycles. The van der Waals surface area contributed by atoms with Crippen LogP contribution in [0.15, 0.2) is 12.1 Å². The first-order valence-electron chi connectivity index (χ1n) is 6.33. The number of nitrogens with one attached hydrogen (secondary N) is 1. The molecule has 1 unspecified atom stereocenters. The van der Waals surface area contributed by atoms with Crippen LogP contribution in [0.1, 0.15) is 13.3 Å². The maximum Gasteiger partial charge on any atom is 0.323 e. The highest BCUT2D eigenvalue weighted by atomic mass is 16.7. The molecule has 0 fully saturated rings. The summed E-state index contributed by atoms with van der Waals surface area (Å²) in [5, 5.41) is 12.1. The number of ether oxygens (including phenoxy) is 2. The van der Waals surface area contributed by atoms with Crippen molar-refractivity contribution >= 4 is 23.3 Å². The number of carbonyl (C=O) groups is 2. The van der Waals surface area contributed by atoms with Gasteiger partial charge in [-0.1, -0.05) is 6.92 Å². The van der Waals surface area contributed by atoms with Gasteiger partial charge in [-0.3, -0.25) is 14.5 Å². The van der Waals surface area contributed by atoms with Crippen molar-refractivity contribution in [3.63, 3.8) is 0 Å². The van der Waals surface area contributed by atoms with E-state index in [0.29, 0.717) is 29.3 Å². The number of nitrogens with zero attached hydrogens (tertiary/aromatic N) is 1. The molecule has 1 atom stereocenters. The number of rotatable bonds is 3. The van der Waals surface area contributed by atoms with E-state index in [2.05, 4.69) is 5.32 Å². The summed E-state index contributed by atoms with van der Waals surface area (Å²) in [6.45, 7) is 1.62. The van der Waals surface area contributed by atoms with Crippen LogP contribution < -0.4 is 19.7 Å². The summed E-state index contributed by atoms with van der Waals surface area (Å²) in [7, 11) is 0. The van der Waals surface area contributed by atoms with Gasteiger partial charge in [-0.2, -0.15) is 0 Å². The van der Waals surface area contributed by atoms with Crippen molar-refractivity contribution in [3.8, 4) is 11.5 Å². The Bertz CT molecular complexity index is 586. The summed E-state index contributed by atoms with van der Waals surface area (Å²) in [4.78, 5) is 24.5. The van der Waals surface area contributed by atoms with Gasteiger partial charge in [0.25, 0.3) is 0 Å². The third-order valence-electron chi connectivity index (χ3n) is 3.38. The second kappa shape index (κ2) is 4.59. The van der Waals surface area contributed by atoms with Crippen LogP contribution in [0.2, 0.25) is 0 Å².